The smallest absolute Gasteiger partial charge is 0.302 e. The second-order valence-electron chi connectivity index (χ2n) is 7.42. The number of rotatable bonds is 7. The van der Waals surface area contributed by atoms with E-state index in [9.17, 15) is 9.59 Å². The topological polar surface area (TPSA) is 89.5 Å². The van der Waals surface area contributed by atoms with Gasteiger partial charge in [0, 0.05) is 30.4 Å². The van der Waals surface area contributed by atoms with Gasteiger partial charge in [0.2, 0.25) is 6.79 Å². The Morgan fingerprint density at radius 3 is 2.30 bits per heavy atom. The zero-order chi connectivity index (χ0) is 23.5. The van der Waals surface area contributed by atoms with Crippen LogP contribution in [0.25, 0.3) is 21.9 Å². The van der Waals surface area contributed by atoms with E-state index in [1.807, 2.05) is 30.3 Å². The lowest BCUT2D eigenvalue weighted by Gasteiger charge is -2.20. The summed E-state index contributed by atoms with van der Waals surface area (Å²) in [6.45, 7) is 2.80. The van der Waals surface area contributed by atoms with Gasteiger partial charge in [0.05, 0.1) is 14.2 Å². The second-order valence-corrected chi connectivity index (χ2v) is 7.42. The first kappa shape index (κ1) is 22.3. The lowest BCUT2D eigenvalue weighted by molar-refractivity contribution is -0.143. The van der Waals surface area contributed by atoms with E-state index in [2.05, 4.69) is 0 Å². The highest BCUT2D eigenvalue weighted by molar-refractivity contribution is 6.05. The van der Waals surface area contributed by atoms with Gasteiger partial charge in [-0.2, -0.15) is 0 Å². The van der Waals surface area contributed by atoms with Gasteiger partial charge in [-0.1, -0.05) is 12.1 Å². The maximum absolute atomic E-state index is 11.7. The number of fused-ring (bicyclic) bond motifs is 3. The van der Waals surface area contributed by atoms with E-state index in [1.165, 1.54) is 13.8 Å². The zero-order valence-corrected chi connectivity index (χ0v) is 18.9. The Morgan fingerprint density at radius 1 is 0.879 bits per heavy atom. The molecule has 0 unspecified atom stereocenters. The number of benzene rings is 3. The van der Waals surface area contributed by atoms with Crippen LogP contribution in [0.5, 0.6) is 23.0 Å². The maximum atomic E-state index is 11.7. The molecule has 8 heteroatoms. The van der Waals surface area contributed by atoms with E-state index in [0.717, 1.165) is 21.9 Å². The van der Waals surface area contributed by atoms with E-state index < -0.39 is 11.9 Å². The van der Waals surface area contributed by atoms with Crippen LogP contribution in [0.3, 0.4) is 0 Å². The van der Waals surface area contributed by atoms with Crippen molar-refractivity contribution < 1.29 is 38.0 Å². The van der Waals surface area contributed by atoms with Crippen LogP contribution in [-0.2, 0) is 32.3 Å². The summed E-state index contributed by atoms with van der Waals surface area (Å²) in [5, 5.41) is 1.66. The first-order valence-electron chi connectivity index (χ1n) is 10.3. The molecular formula is C25H24O8. The second kappa shape index (κ2) is 9.28. The number of carbonyl (C=O) groups is 2. The standard InChI is InChI=1S/C25H24O8/c1-14(26)30-11-18-9-16-6-8-21-25(33-13-32-21)24(16)23(19(18)12-31-15(2)27)17-5-7-20(28-3)22(10-17)29-4/h5-10H,11-13H2,1-4H3. The number of methoxy groups -OCH3 is 2. The van der Waals surface area contributed by atoms with Crippen LogP contribution in [0, 0.1) is 0 Å². The molecule has 0 radical (unpaired) electrons. The van der Waals surface area contributed by atoms with Crippen LogP contribution < -0.4 is 18.9 Å². The molecule has 1 heterocycles. The molecule has 0 saturated heterocycles. The molecule has 0 aromatic heterocycles. The summed E-state index contributed by atoms with van der Waals surface area (Å²) < 4.78 is 33.0. The summed E-state index contributed by atoms with van der Waals surface area (Å²) in [6.07, 6.45) is 0. The lowest BCUT2D eigenvalue weighted by Crippen LogP contribution is -2.08. The van der Waals surface area contributed by atoms with Crippen LogP contribution in [0.15, 0.2) is 36.4 Å². The molecule has 4 rings (SSSR count). The van der Waals surface area contributed by atoms with E-state index in [-0.39, 0.29) is 20.0 Å². The Labute approximate surface area is 190 Å². The molecule has 0 bridgehead atoms. The summed E-state index contributed by atoms with van der Waals surface area (Å²) in [5.41, 5.74) is 2.95. The summed E-state index contributed by atoms with van der Waals surface area (Å²) in [4.78, 5) is 23.2. The predicted octanol–water partition coefficient (Wildman–Crippen LogP) is 4.38. The zero-order valence-electron chi connectivity index (χ0n) is 18.9. The first-order chi connectivity index (χ1) is 15.9. The normalized spacial score (nSPS) is 11.9. The van der Waals surface area contributed by atoms with Crippen molar-refractivity contribution in [3.05, 3.63) is 47.5 Å². The molecule has 1 aliphatic rings. The largest absolute Gasteiger partial charge is 0.493 e. The van der Waals surface area contributed by atoms with Crippen LogP contribution in [0.2, 0.25) is 0 Å². The number of ether oxygens (including phenoxy) is 6. The van der Waals surface area contributed by atoms with Gasteiger partial charge in [-0.15, -0.1) is 0 Å². The van der Waals surface area contributed by atoms with Crippen molar-refractivity contribution in [3.63, 3.8) is 0 Å². The van der Waals surface area contributed by atoms with Crippen molar-refractivity contribution in [2.75, 3.05) is 21.0 Å². The van der Waals surface area contributed by atoms with E-state index in [0.29, 0.717) is 34.1 Å². The minimum absolute atomic E-state index is 0.0178. The summed E-state index contributed by atoms with van der Waals surface area (Å²) in [5.74, 6) is 1.50. The fourth-order valence-corrected chi connectivity index (χ4v) is 3.91. The molecule has 0 amide bonds. The number of hydrogen-bond acceptors (Lipinski definition) is 8. The van der Waals surface area contributed by atoms with Gasteiger partial charge in [0.25, 0.3) is 0 Å². The van der Waals surface area contributed by atoms with Gasteiger partial charge < -0.3 is 28.4 Å². The van der Waals surface area contributed by atoms with E-state index >= 15 is 0 Å². The minimum Gasteiger partial charge on any atom is -0.493 e. The van der Waals surface area contributed by atoms with Crippen LogP contribution in [0.1, 0.15) is 25.0 Å². The molecule has 0 atom stereocenters. The van der Waals surface area contributed by atoms with Gasteiger partial charge in [-0.05, 0) is 40.8 Å². The fourth-order valence-electron chi connectivity index (χ4n) is 3.91. The molecule has 172 valence electrons. The first-order valence-corrected chi connectivity index (χ1v) is 10.3. The van der Waals surface area contributed by atoms with Crippen molar-refractivity contribution in [1.29, 1.82) is 0 Å². The van der Waals surface area contributed by atoms with Gasteiger partial charge in [-0.25, -0.2) is 0 Å². The van der Waals surface area contributed by atoms with Crippen molar-refractivity contribution in [2.24, 2.45) is 0 Å². The average Bonchev–Trinajstić information content (AvgIpc) is 3.29. The summed E-state index contributed by atoms with van der Waals surface area (Å²) in [6, 6.07) is 11.2. The Morgan fingerprint density at radius 2 is 1.61 bits per heavy atom. The number of hydrogen-bond donors (Lipinski definition) is 0. The summed E-state index contributed by atoms with van der Waals surface area (Å²) in [7, 11) is 3.13. The third-order valence-electron chi connectivity index (χ3n) is 5.36. The molecule has 0 fully saturated rings. The quantitative estimate of drug-likeness (QED) is 0.488. The maximum Gasteiger partial charge on any atom is 0.302 e. The third-order valence-corrected chi connectivity index (χ3v) is 5.36. The molecule has 8 nitrogen and oxygen atoms in total. The lowest BCUT2D eigenvalue weighted by atomic mass is 9.89. The molecule has 1 aliphatic heterocycles. The molecule has 0 spiro atoms. The Balaban J connectivity index is 2.05. The Bertz CT molecular complexity index is 1230. The van der Waals surface area contributed by atoms with Gasteiger partial charge >= 0.3 is 11.9 Å². The molecule has 0 aliphatic carbocycles. The third kappa shape index (κ3) is 4.37. The molecule has 33 heavy (non-hydrogen) atoms. The van der Waals surface area contributed by atoms with Crippen molar-refractivity contribution in [1.82, 2.24) is 0 Å². The predicted molar refractivity (Wildman–Crippen MR) is 120 cm³/mol. The van der Waals surface area contributed by atoms with E-state index in [4.69, 9.17) is 28.4 Å². The molecular weight excluding hydrogens is 428 g/mol. The summed E-state index contributed by atoms with van der Waals surface area (Å²) >= 11 is 0. The number of carbonyl (C=O) groups excluding carboxylic acids is 2. The van der Waals surface area contributed by atoms with Crippen molar-refractivity contribution in [3.8, 4) is 34.1 Å². The molecule has 3 aromatic rings. The molecule has 3 aromatic carbocycles. The number of esters is 2. The average molecular weight is 452 g/mol. The Hall–Kier alpha value is -3.94. The minimum atomic E-state index is -0.426. The van der Waals surface area contributed by atoms with Gasteiger partial charge in [-0.3, -0.25) is 9.59 Å². The SMILES string of the molecule is COc1ccc(-c2c(COC(C)=O)c(COC(C)=O)cc3ccc4c(c23)OCO4)cc1OC. The highest BCUT2D eigenvalue weighted by Gasteiger charge is 2.25. The van der Waals surface area contributed by atoms with Crippen LogP contribution in [-0.4, -0.2) is 33.0 Å². The Kier molecular flexibility index (Phi) is 6.26. The van der Waals surface area contributed by atoms with Gasteiger partial charge in [0.15, 0.2) is 23.0 Å². The molecule has 0 N–H and O–H groups in total. The monoisotopic (exact) mass is 452 g/mol. The highest BCUT2D eigenvalue weighted by atomic mass is 16.7. The van der Waals surface area contributed by atoms with Crippen molar-refractivity contribution in [2.45, 2.75) is 27.1 Å². The molecule has 0 saturated carbocycles. The van der Waals surface area contributed by atoms with Gasteiger partial charge in [0.1, 0.15) is 13.2 Å². The fraction of sp³-hybridized carbons (Fsp3) is 0.280. The van der Waals surface area contributed by atoms with Crippen LogP contribution >= 0.6 is 0 Å². The van der Waals surface area contributed by atoms with E-state index in [1.54, 1.807) is 20.3 Å². The highest BCUT2D eigenvalue weighted by Crippen LogP contribution is 2.47. The van der Waals surface area contributed by atoms with Crippen molar-refractivity contribution >= 4 is 22.7 Å². The van der Waals surface area contributed by atoms with Crippen LogP contribution in [0.4, 0.5) is 0 Å².